The lowest BCUT2D eigenvalue weighted by atomic mass is 10.2. The maximum absolute atomic E-state index is 13.4. The van der Waals surface area contributed by atoms with Gasteiger partial charge in [-0.25, -0.2) is 4.79 Å². The second-order valence-electron chi connectivity index (χ2n) is 8.31. The minimum absolute atomic E-state index is 0. The summed E-state index contributed by atoms with van der Waals surface area (Å²) in [5.74, 6) is -0.796. The van der Waals surface area contributed by atoms with E-state index in [9.17, 15) is 9.59 Å². The first-order chi connectivity index (χ1) is 17.6. The molecular weight excluding hydrogens is 545 g/mol. The summed E-state index contributed by atoms with van der Waals surface area (Å²) in [7, 11) is -2.38. The van der Waals surface area contributed by atoms with Crippen LogP contribution in [0.25, 0.3) is 0 Å². The Balaban J connectivity index is 0.00000380. The molecule has 0 bridgehead atoms. The number of rotatable bonds is 10. The number of hydrogen-bond acceptors (Lipinski definition) is 3. The lowest BCUT2D eigenvalue weighted by molar-refractivity contribution is -0.144. The van der Waals surface area contributed by atoms with Crippen molar-refractivity contribution < 1.29 is 31.3 Å². The molecule has 0 aliphatic heterocycles. The van der Waals surface area contributed by atoms with Gasteiger partial charge in [-0.2, -0.15) is 0 Å². The molecular formula is C31H29BrNO3P. The molecule has 0 aliphatic carbocycles. The van der Waals surface area contributed by atoms with E-state index < -0.39 is 19.3 Å². The van der Waals surface area contributed by atoms with E-state index in [2.05, 4.69) is 48.3 Å². The Labute approximate surface area is 229 Å². The van der Waals surface area contributed by atoms with Crippen molar-refractivity contribution in [1.82, 2.24) is 5.32 Å². The number of hydrogen-bond donors (Lipinski definition) is 1. The van der Waals surface area contributed by atoms with Gasteiger partial charge in [0.15, 0.2) is 6.04 Å². The first-order valence-corrected chi connectivity index (χ1v) is 13.8. The number of benzene rings is 4. The average molecular weight is 574 g/mol. The number of halogens is 1. The topological polar surface area (TPSA) is 55.4 Å². The molecule has 0 fully saturated rings. The number of ether oxygens (including phenoxy) is 1. The second-order valence-corrected chi connectivity index (χ2v) is 11.8. The van der Waals surface area contributed by atoms with Crippen molar-refractivity contribution in [2.45, 2.75) is 6.04 Å². The summed E-state index contributed by atoms with van der Waals surface area (Å²) in [6, 6.07) is 38.8. The van der Waals surface area contributed by atoms with Crippen LogP contribution in [0, 0.1) is 0 Å². The quantitative estimate of drug-likeness (QED) is 0.178. The van der Waals surface area contributed by atoms with Crippen LogP contribution in [0.3, 0.4) is 0 Å². The van der Waals surface area contributed by atoms with Crippen molar-refractivity contribution >= 4 is 35.1 Å². The Morgan fingerprint density at radius 2 is 1.14 bits per heavy atom. The van der Waals surface area contributed by atoms with Crippen LogP contribution in [0.5, 0.6) is 0 Å². The number of carbonyl (C=O) groups excluding carboxylic acids is 2. The predicted molar refractivity (Wildman–Crippen MR) is 149 cm³/mol. The van der Waals surface area contributed by atoms with Gasteiger partial charge in [0.1, 0.15) is 35.9 Å². The van der Waals surface area contributed by atoms with Crippen molar-refractivity contribution in [3.8, 4) is 0 Å². The number of esters is 1. The van der Waals surface area contributed by atoms with E-state index in [0.29, 0.717) is 11.7 Å². The maximum Gasteiger partial charge on any atom is 0.332 e. The minimum Gasteiger partial charge on any atom is -1.00 e. The third-order valence-corrected chi connectivity index (χ3v) is 10.5. The number of nitrogens with one attached hydrogen (secondary N) is 1. The zero-order valence-corrected chi connectivity index (χ0v) is 22.9. The van der Waals surface area contributed by atoms with E-state index in [0.717, 1.165) is 15.9 Å². The molecule has 4 aromatic carbocycles. The van der Waals surface area contributed by atoms with Crippen LogP contribution in [-0.2, 0) is 9.53 Å². The average Bonchev–Trinajstić information content (AvgIpc) is 2.95. The summed E-state index contributed by atoms with van der Waals surface area (Å²) in [5.41, 5.74) is 0.488. The molecule has 1 amide bonds. The third kappa shape index (κ3) is 6.62. The molecule has 0 aliphatic rings. The van der Waals surface area contributed by atoms with Crippen LogP contribution in [0.1, 0.15) is 10.4 Å². The van der Waals surface area contributed by atoms with Gasteiger partial charge in [0, 0.05) is 5.56 Å². The second kappa shape index (κ2) is 13.7. The fourth-order valence-electron chi connectivity index (χ4n) is 4.34. The van der Waals surface area contributed by atoms with Crippen LogP contribution < -0.4 is 38.2 Å². The molecule has 0 heterocycles. The molecule has 0 saturated carbocycles. The third-order valence-electron chi connectivity index (χ3n) is 6.02. The molecule has 0 saturated heterocycles. The minimum atomic E-state index is -2.38. The summed E-state index contributed by atoms with van der Waals surface area (Å²) in [6.45, 7) is 3.73. The molecule has 4 nitrogen and oxygen atoms in total. The first kappa shape index (κ1) is 28.0. The van der Waals surface area contributed by atoms with E-state index in [1.54, 1.807) is 24.3 Å². The van der Waals surface area contributed by atoms with Gasteiger partial charge in [-0.3, -0.25) is 4.79 Å². The van der Waals surface area contributed by atoms with E-state index in [1.807, 2.05) is 60.7 Å². The Morgan fingerprint density at radius 3 is 1.54 bits per heavy atom. The van der Waals surface area contributed by atoms with E-state index >= 15 is 0 Å². The van der Waals surface area contributed by atoms with Gasteiger partial charge >= 0.3 is 5.97 Å². The van der Waals surface area contributed by atoms with Crippen molar-refractivity contribution in [3.63, 3.8) is 0 Å². The highest BCUT2D eigenvalue weighted by Gasteiger charge is 2.49. The predicted octanol–water partition coefficient (Wildman–Crippen LogP) is 1.51. The molecule has 37 heavy (non-hydrogen) atoms. The normalized spacial score (nSPS) is 11.5. The highest BCUT2D eigenvalue weighted by Crippen LogP contribution is 2.55. The fraction of sp³-hybridized carbons (Fsp3) is 0.0968. The van der Waals surface area contributed by atoms with Crippen molar-refractivity contribution in [2.24, 2.45) is 0 Å². The van der Waals surface area contributed by atoms with Crippen LogP contribution in [0.4, 0.5) is 0 Å². The smallest absolute Gasteiger partial charge is 0.332 e. The standard InChI is InChI=1S/C31H28NO3P.BrH/c1-2-23-35-31(34)29(32-30(33)25-15-7-3-8-16-25)24-36(26-17-9-4-10-18-26,27-19-11-5-12-20-27)28-21-13-6-14-22-28;/h2-22,29H,1,23-24H2;1H/t29-;/m1./s1. The molecule has 0 radical (unpaired) electrons. The molecule has 4 aromatic rings. The van der Waals surface area contributed by atoms with Gasteiger partial charge in [0.05, 0.1) is 0 Å². The molecule has 1 N–H and O–H groups in total. The van der Waals surface area contributed by atoms with Gasteiger partial charge < -0.3 is 27.0 Å². The van der Waals surface area contributed by atoms with Gasteiger partial charge in [0.2, 0.25) is 0 Å². The zero-order valence-electron chi connectivity index (χ0n) is 20.4. The SMILES string of the molecule is C=CCOC(=O)[C@@H](C[P+](c1ccccc1)(c1ccccc1)c1ccccc1)NC(=O)c1ccccc1.[Br-]. The molecule has 0 aromatic heterocycles. The molecule has 1 atom stereocenters. The summed E-state index contributed by atoms with van der Waals surface area (Å²) in [6.07, 6.45) is 1.90. The molecule has 0 spiro atoms. The Kier molecular flexibility index (Phi) is 10.4. The largest absolute Gasteiger partial charge is 1.00 e. The highest BCUT2D eigenvalue weighted by atomic mass is 79.9. The van der Waals surface area contributed by atoms with Gasteiger partial charge in [-0.1, -0.05) is 85.5 Å². The fourth-order valence-corrected chi connectivity index (χ4v) is 8.69. The summed E-state index contributed by atoms with van der Waals surface area (Å²) in [4.78, 5) is 26.6. The summed E-state index contributed by atoms with van der Waals surface area (Å²) in [5, 5.41) is 6.36. The van der Waals surface area contributed by atoms with E-state index in [1.165, 1.54) is 6.08 Å². The number of amides is 1. The van der Waals surface area contributed by atoms with Crippen LogP contribution in [-0.4, -0.2) is 30.7 Å². The van der Waals surface area contributed by atoms with Gasteiger partial charge in [-0.15, -0.1) is 0 Å². The lowest BCUT2D eigenvalue weighted by Gasteiger charge is -2.30. The monoisotopic (exact) mass is 573 g/mol. The Bertz CT molecular complexity index is 1190. The first-order valence-electron chi connectivity index (χ1n) is 11.8. The lowest BCUT2D eigenvalue weighted by Crippen LogP contribution is -3.00. The van der Waals surface area contributed by atoms with Crippen molar-refractivity contribution in [3.05, 3.63) is 140 Å². The van der Waals surface area contributed by atoms with Gasteiger partial charge in [0.25, 0.3) is 5.91 Å². The summed E-state index contributed by atoms with van der Waals surface area (Å²) < 4.78 is 5.49. The summed E-state index contributed by atoms with van der Waals surface area (Å²) >= 11 is 0. The number of carbonyl (C=O) groups is 2. The van der Waals surface area contributed by atoms with Crippen molar-refractivity contribution in [2.75, 3.05) is 12.8 Å². The van der Waals surface area contributed by atoms with Crippen molar-refractivity contribution in [1.29, 1.82) is 0 Å². The highest BCUT2D eigenvalue weighted by molar-refractivity contribution is 7.95. The maximum atomic E-state index is 13.4. The van der Waals surface area contributed by atoms with Crippen LogP contribution in [0.2, 0.25) is 0 Å². The molecule has 188 valence electrons. The molecule has 0 unspecified atom stereocenters. The van der Waals surface area contributed by atoms with Gasteiger partial charge in [-0.05, 0) is 48.5 Å². The Morgan fingerprint density at radius 1 is 0.730 bits per heavy atom. The molecule has 6 heteroatoms. The van der Waals surface area contributed by atoms with E-state index in [4.69, 9.17) is 4.74 Å². The van der Waals surface area contributed by atoms with Crippen LogP contribution >= 0.6 is 7.26 Å². The van der Waals surface area contributed by atoms with E-state index in [-0.39, 0.29) is 29.5 Å². The molecule has 4 rings (SSSR count). The zero-order chi connectivity index (χ0) is 25.2. The Hall–Kier alpha value is -3.53. The van der Waals surface area contributed by atoms with Crippen LogP contribution in [0.15, 0.2) is 134 Å².